The van der Waals surface area contributed by atoms with E-state index in [2.05, 4.69) is 26.1 Å². The third-order valence-electron chi connectivity index (χ3n) is 4.79. The average molecular weight is 440 g/mol. The number of anilines is 1. The summed E-state index contributed by atoms with van der Waals surface area (Å²) in [5, 5.41) is 3.41. The lowest BCUT2D eigenvalue weighted by Gasteiger charge is -2.31. The van der Waals surface area contributed by atoms with Crippen molar-refractivity contribution in [1.82, 2.24) is 4.90 Å². The maximum atomic E-state index is 13.9. The highest BCUT2D eigenvalue weighted by atomic mass is 79.9. The number of benzene rings is 2. The van der Waals surface area contributed by atoms with Gasteiger partial charge in [0, 0.05) is 33.2 Å². The first kappa shape index (κ1) is 19.3. The van der Waals surface area contributed by atoms with Gasteiger partial charge in [0.2, 0.25) is 5.91 Å². The number of likely N-dealkylation sites (tertiary alicyclic amines) is 1. The number of aryl methyl sites for hydroxylation is 1. The summed E-state index contributed by atoms with van der Waals surface area (Å²) in [5.74, 6) is -0.225. The highest BCUT2D eigenvalue weighted by molar-refractivity contribution is 9.10. The summed E-state index contributed by atoms with van der Waals surface area (Å²) in [7, 11) is 0. The first-order valence-corrected chi connectivity index (χ1v) is 9.83. The lowest BCUT2D eigenvalue weighted by molar-refractivity contribution is -0.121. The smallest absolute Gasteiger partial charge is 0.227 e. The average Bonchev–Trinajstić information content (AvgIpc) is 2.61. The molecule has 1 saturated heterocycles. The van der Waals surface area contributed by atoms with Gasteiger partial charge in [-0.25, -0.2) is 4.39 Å². The SMILES string of the molecule is Cc1cc(NC(=O)C2CCN(Cc3ccc(Cl)cc3F)CC2)ccc1Br. The van der Waals surface area contributed by atoms with Crippen LogP contribution in [-0.4, -0.2) is 23.9 Å². The maximum absolute atomic E-state index is 13.9. The van der Waals surface area contributed by atoms with Crippen LogP contribution in [0.15, 0.2) is 40.9 Å². The van der Waals surface area contributed by atoms with E-state index in [4.69, 9.17) is 11.6 Å². The van der Waals surface area contributed by atoms with Gasteiger partial charge in [0.1, 0.15) is 5.82 Å². The Balaban J connectivity index is 1.52. The minimum atomic E-state index is -0.275. The van der Waals surface area contributed by atoms with E-state index in [0.29, 0.717) is 17.1 Å². The zero-order chi connectivity index (χ0) is 18.7. The molecule has 2 aromatic carbocycles. The van der Waals surface area contributed by atoms with Crippen molar-refractivity contribution in [3.8, 4) is 0 Å². The number of carbonyl (C=O) groups excluding carboxylic acids is 1. The number of nitrogens with zero attached hydrogens (tertiary/aromatic N) is 1. The summed E-state index contributed by atoms with van der Waals surface area (Å²) in [4.78, 5) is 14.7. The quantitative estimate of drug-likeness (QED) is 0.692. The Hall–Kier alpha value is -1.43. The fourth-order valence-electron chi connectivity index (χ4n) is 3.21. The van der Waals surface area contributed by atoms with Gasteiger partial charge < -0.3 is 5.32 Å². The van der Waals surface area contributed by atoms with Crippen LogP contribution in [0.5, 0.6) is 0 Å². The molecule has 0 saturated carbocycles. The van der Waals surface area contributed by atoms with Crippen molar-refractivity contribution in [2.24, 2.45) is 5.92 Å². The van der Waals surface area contributed by atoms with E-state index >= 15 is 0 Å². The molecule has 3 nitrogen and oxygen atoms in total. The normalized spacial score (nSPS) is 15.8. The van der Waals surface area contributed by atoms with Gasteiger partial charge in [0.05, 0.1) is 0 Å². The van der Waals surface area contributed by atoms with Crippen LogP contribution >= 0.6 is 27.5 Å². The molecule has 3 rings (SSSR count). The predicted octanol–water partition coefficient (Wildman–Crippen LogP) is 5.40. The van der Waals surface area contributed by atoms with E-state index in [1.807, 2.05) is 25.1 Å². The molecule has 0 aromatic heterocycles. The number of piperidine rings is 1. The summed E-state index contributed by atoms with van der Waals surface area (Å²) in [6.45, 7) is 4.09. The fraction of sp³-hybridized carbons (Fsp3) is 0.350. The number of amides is 1. The van der Waals surface area contributed by atoms with Crippen LogP contribution in [0.3, 0.4) is 0 Å². The van der Waals surface area contributed by atoms with Crippen LogP contribution in [0.1, 0.15) is 24.0 Å². The molecule has 1 fully saturated rings. The minimum absolute atomic E-state index is 0.00901. The molecule has 1 aliphatic heterocycles. The number of rotatable bonds is 4. The Morgan fingerprint density at radius 1 is 1.27 bits per heavy atom. The van der Waals surface area contributed by atoms with Crippen molar-refractivity contribution in [1.29, 1.82) is 0 Å². The van der Waals surface area contributed by atoms with Gasteiger partial charge in [-0.3, -0.25) is 9.69 Å². The number of nitrogens with one attached hydrogen (secondary N) is 1. The van der Waals surface area contributed by atoms with Crippen LogP contribution in [0.4, 0.5) is 10.1 Å². The van der Waals surface area contributed by atoms with E-state index in [-0.39, 0.29) is 17.6 Å². The third-order valence-corrected chi connectivity index (χ3v) is 5.92. The molecule has 0 unspecified atom stereocenters. The predicted molar refractivity (Wildman–Crippen MR) is 107 cm³/mol. The van der Waals surface area contributed by atoms with Gasteiger partial charge in [-0.05, 0) is 68.8 Å². The second-order valence-corrected chi connectivity index (χ2v) is 8.03. The maximum Gasteiger partial charge on any atom is 0.227 e. The van der Waals surface area contributed by atoms with E-state index < -0.39 is 0 Å². The van der Waals surface area contributed by atoms with Crippen molar-refractivity contribution in [2.45, 2.75) is 26.3 Å². The molecule has 0 bridgehead atoms. The van der Waals surface area contributed by atoms with Crippen LogP contribution in [0, 0.1) is 18.7 Å². The molecule has 0 aliphatic carbocycles. The van der Waals surface area contributed by atoms with E-state index in [1.54, 1.807) is 12.1 Å². The Morgan fingerprint density at radius 2 is 2.00 bits per heavy atom. The zero-order valence-electron chi connectivity index (χ0n) is 14.6. The Kier molecular flexibility index (Phi) is 6.33. The zero-order valence-corrected chi connectivity index (χ0v) is 16.9. The Labute approximate surface area is 166 Å². The summed E-state index contributed by atoms with van der Waals surface area (Å²) < 4.78 is 15.0. The third kappa shape index (κ3) is 4.84. The van der Waals surface area contributed by atoms with Crippen molar-refractivity contribution in [2.75, 3.05) is 18.4 Å². The Bertz CT molecular complexity index is 806. The van der Waals surface area contributed by atoms with E-state index in [1.165, 1.54) is 6.07 Å². The highest BCUT2D eigenvalue weighted by Crippen LogP contribution is 2.24. The molecular weight excluding hydrogens is 419 g/mol. The molecule has 1 amide bonds. The number of carbonyl (C=O) groups is 1. The molecule has 0 atom stereocenters. The topological polar surface area (TPSA) is 32.3 Å². The van der Waals surface area contributed by atoms with E-state index in [9.17, 15) is 9.18 Å². The molecule has 138 valence electrons. The number of hydrogen-bond donors (Lipinski definition) is 1. The molecular formula is C20H21BrClFN2O. The van der Waals surface area contributed by atoms with Gasteiger partial charge in [0.15, 0.2) is 0 Å². The largest absolute Gasteiger partial charge is 0.326 e. The number of halogens is 3. The molecule has 1 N–H and O–H groups in total. The Morgan fingerprint density at radius 3 is 2.65 bits per heavy atom. The lowest BCUT2D eigenvalue weighted by Crippen LogP contribution is -2.37. The van der Waals surface area contributed by atoms with Gasteiger partial charge >= 0.3 is 0 Å². The van der Waals surface area contributed by atoms with Gasteiger partial charge in [-0.15, -0.1) is 0 Å². The minimum Gasteiger partial charge on any atom is -0.326 e. The van der Waals surface area contributed by atoms with Crippen molar-refractivity contribution in [3.63, 3.8) is 0 Å². The summed E-state index contributed by atoms with van der Waals surface area (Å²) in [5.41, 5.74) is 2.55. The second-order valence-electron chi connectivity index (χ2n) is 6.74. The first-order valence-electron chi connectivity index (χ1n) is 8.65. The standard InChI is InChI=1S/C20H21BrClFN2O/c1-13-10-17(4-5-18(13)21)24-20(26)14-6-8-25(9-7-14)12-15-2-3-16(22)11-19(15)23/h2-5,10-11,14H,6-9,12H2,1H3,(H,24,26). The molecule has 1 heterocycles. The second kappa shape index (κ2) is 8.51. The van der Waals surface area contributed by atoms with Crippen LogP contribution < -0.4 is 5.32 Å². The summed E-state index contributed by atoms with van der Waals surface area (Å²) >= 11 is 9.26. The molecule has 2 aromatic rings. The molecule has 0 radical (unpaired) electrons. The van der Waals surface area contributed by atoms with Gasteiger partial charge in [-0.2, -0.15) is 0 Å². The van der Waals surface area contributed by atoms with E-state index in [0.717, 1.165) is 41.7 Å². The van der Waals surface area contributed by atoms with Gasteiger partial charge in [0.25, 0.3) is 0 Å². The summed E-state index contributed by atoms with van der Waals surface area (Å²) in [6.07, 6.45) is 1.55. The highest BCUT2D eigenvalue weighted by Gasteiger charge is 2.25. The van der Waals surface area contributed by atoms with Crippen LogP contribution in [-0.2, 0) is 11.3 Å². The molecule has 0 spiro atoms. The molecule has 1 aliphatic rings. The number of hydrogen-bond acceptors (Lipinski definition) is 2. The lowest BCUT2D eigenvalue weighted by atomic mass is 9.95. The molecule has 26 heavy (non-hydrogen) atoms. The van der Waals surface area contributed by atoms with Gasteiger partial charge in [-0.1, -0.05) is 33.6 Å². The van der Waals surface area contributed by atoms with Crippen LogP contribution in [0.2, 0.25) is 5.02 Å². The van der Waals surface area contributed by atoms with Crippen molar-refractivity contribution < 1.29 is 9.18 Å². The monoisotopic (exact) mass is 438 g/mol. The van der Waals surface area contributed by atoms with Crippen molar-refractivity contribution >= 4 is 39.1 Å². The van der Waals surface area contributed by atoms with Crippen LogP contribution in [0.25, 0.3) is 0 Å². The molecule has 6 heteroatoms. The van der Waals surface area contributed by atoms with Crippen molar-refractivity contribution in [3.05, 3.63) is 62.8 Å². The fourth-order valence-corrected chi connectivity index (χ4v) is 3.62. The first-order chi connectivity index (χ1) is 12.4. The summed E-state index contributed by atoms with van der Waals surface area (Å²) in [6, 6.07) is 10.6.